The van der Waals surface area contributed by atoms with E-state index in [-0.39, 0.29) is 12.5 Å². The number of ether oxygens (including phenoxy) is 1. The standard InChI is InChI=1S/C19H28N4O4/c1-19(2,3)27-18(26)23-13(11-24)10-21-15-7-5-6-14(17(25)20-4)16(15)22-12-8-9-12/h5-7,11-13,21-22H,8-10H2,1-4H3,(H,20,25)(H,23,26). The Bertz CT molecular complexity index is 695. The van der Waals surface area contributed by atoms with E-state index in [2.05, 4.69) is 21.3 Å². The Kier molecular flexibility index (Phi) is 6.65. The lowest BCUT2D eigenvalue weighted by atomic mass is 10.1. The Hall–Kier alpha value is -2.77. The zero-order valence-corrected chi connectivity index (χ0v) is 16.2. The summed E-state index contributed by atoms with van der Waals surface area (Å²) in [6.45, 7) is 5.42. The Labute approximate surface area is 159 Å². The molecule has 1 unspecified atom stereocenters. The van der Waals surface area contributed by atoms with Crippen molar-refractivity contribution in [3.63, 3.8) is 0 Å². The van der Waals surface area contributed by atoms with Crippen molar-refractivity contribution >= 4 is 29.7 Å². The maximum Gasteiger partial charge on any atom is 0.408 e. The minimum absolute atomic E-state index is 0.166. The molecule has 0 radical (unpaired) electrons. The smallest absolute Gasteiger partial charge is 0.408 e. The van der Waals surface area contributed by atoms with Gasteiger partial charge in [0.25, 0.3) is 5.91 Å². The SMILES string of the molecule is CNC(=O)c1cccc(NCC(C=O)NC(=O)OC(C)(C)C)c1NC1CC1. The van der Waals surface area contributed by atoms with Crippen LogP contribution in [0.2, 0.25) is 0 Å². The van der Waals surface area contributed by atoms with Gasteiger partial charge in [0, 0.05) is 19.6 Å². The normalized spacial score (nSPS) is 14.7. The number of nitrogens with one attached hydrogen (secondary N) is 4. The van der Waals surface area contributed by atoms with E-state index in [0.717, 1.165) is 12.8 Å². The number of para-hydroxylation sites is 1. The van der Waals surface area contributed by atoms with Gasteiger partial charge < -0.3 is 30.8 Å². The number of aldehydes is 1. The van der Waals surface area contributed by atoms with Crippen molar-refractivity contribution in [2.75, 3.05) is 24.2 Å². The molecule has 1 aromatic rings. The van der Waals surface area contributed by atoms with E-state index in [0.29, 0.717) is 29.3 Å². The van der Waals surface area contributed by atoms with Gasteiger partial charge in [-0.25, -0.2) is 4.79 Å². The Morgan fingerprint density at radius 1 is 1.30 bits per heavy atom. The Morgan fingerprint density at radius 2 is 2.00 bits per heavy atom. The molecule has 1 aromatic carbocycles. The molecule has 0 heterocycles. The number of amides is 2. The second kappa shape index (κ2) is 8.75. The number of anilines is 2. The molecule has 0 aliphatic heterocycles. The van der Waals surface area contributed by atoms with Crippen LogP contribution in [-0.4, -0.2) is 49.6 Å². The lowest BCUT2D eigenvalue weighted by molar-refractivity contribution is -0.109. The molecule has 148 valence electrons. The molecule has 1 fully saturated rings. The Balaban J connectivity index is 2.07. The monoisotopic (exact) mass is 376 g/mol. The second-order valence-electron chi connectivity index (χ2n) is 7.50. The summed E-state index contributed by atoms with van der Waals surface area (Å²) in [4.78, 5) is 35.3. The summed E-state index contributed by atoms with van der Waals surface area (Å²) in [7, 11) is 1.58. The van der Waals surface area contributed by atoms with Gasteiger partial charge in [0.15, 0.2) is 0 Å². The van der Waals surface area contributed by atoms with Gasteiger partial charge in [0.2, 0.25) is 0 Å². The molecular weight excluding hydrogens is 348 g/mol. The molecule has 8 heteroatoms. The largest absolute Gasteiger partial charge is 0.444 e. The first-order chi connectivity index (χ1) is 12.7. The number of alkyl carbamates (subject to hydrolysis) is 1. The van der Waals surface area contributed by atoms with Gasteiger partial charge in [-0.15, -0.1) is 0 Å². The van der Waals surface area contributed by atoms with Crippen LogP contribution >= 0.6 is 0 Å². The van der Waals surface area contributed by atoms with Crippen LogP contribution in [0.1, 0.15) is 44.0 Å². The van der Waals surface area contributed by atoms with Gasteiger partial charge in [0.1, 0.15) is 17.9 Å². The number of rotatable bonds is 8. The van der Waals surface area contributed by atoms with Crippen molar-refractivity contribution in [3.05, 3.63) is 23.8 Å². The molecule has 1 atom stereocenters. The molecule has 0 spiro atoms. The number of carbonyl (C=O) groups is 3. The fraction of sp³-hybridized carbons (Fsp3) is 0.526. The minimum Gasteiger partial charge on any atom is -0.444 e. The summed E-state index contributed by atoms with van der Waals surface area (Å²) < 4.78 is 5.17. The third-order valence-corrected chi connectivity index (χ3v) is 3.84. The lowest BCUT2D eigenvalue weighted by Crippen LogP contribution is -2.43. The highest BCUT2D eigenvalue weighted by atomic mass is 16.6. The van der Waals surface area contributed by atoms with E-state index < -0.39 is 17.7 Å². The summed E-state index contributed by atoms with van der Waals surface area (Å²) in [6.07, 6.45) is 2.10. The first-order valence-corrected chi connectivity index (χ1v) is 9.04. The van der Waals surface area contributed by atoms with E-state index in [4.69, 9.17) is 4.74 Å². The molecule has 1 saturated carbocycles. The topological polar surface area (TPSA) is 109 Å². The predicted molar refractivity (Wildman–Crippen MR) is 104 cm³/mol. The quantitative estimate of drug-likeness (QED) is 0.518. The number of hydrogen-bond acceptors (Lipinski definition) is 6. The number of carbonyl (C=O) groups excluding carboxylic acids is 3. The first-order valence-electron chi connectivity index (χ1n) is 9.04. The average molecular weight is 376 g/mol. The lowest BCUT2D eigenvalue weighted by Gasteiger charge is -2.22. The van der Waals surface area contributed by atoms with Crippen molar-refractivity contribution in [2.24, 2.45) is 0 Å². The molecule has 27 heavy (non-hydrogen) atoms. The van der Waals surface area contributed by atoms with Crippen LogP contribution in [0.15, 0.2) is 18.2 Å². The highest BCUT2D eigenvalue weighted by molar-refractivity contribution is 6.02. The van der Waals surface area contributed by atoms with E-state index in [1.54, 1.807) is 40.0 Å². The fourth-order valence-corrected chi connectivity index (χ4v) is 2.42. The van der Waals surface area contributed by atoms with E-state index >= 15 is 0 Å². The molecule has 8 nitrogen and oxygen atoms in total. The molecule has 0 saturated heterocycles. The molecule has 2 rings (SSSR count). The second-order valence-corrected chi connectivity index (χ2v) is 7.50. The van der Waals surface area contributed by atoms with E-state index in [1.807, 2.05) is 6.07 Å². The van der Waals surface area contributed by atoms with Gasteiger partial charge in [-0.2, -0.15) is 0 Å². The van der Waals surface area contributed by atoms with Gasteiger partial charge in [-0.3, -0.25) is 4.79 Å². The van der Waals surface area contributed by atoms with Gasteiger partial charge in [-0.1, -0.05) is 6.07 Å². The Morgan fingerprint density at radius 3 is 2.56 bits per heavy atom. The van der Waals surface area contributed by atoms with Crippen molar-refractivity contribution in [2.45, 2.75) is 51.3 Å². The highest BCUT2D eigenvalue weighted by Crippen LogP contribution is 2.32. The molecule has 1 aliphatic carbocycles. The van der Waals surface area contributed by atoms with Gasteiger partial charge in [-0.05, 0) is 45.7 Å². The van der Waals surface area contributed by atoms with Crippen LogP contribution in [0.4, 0.5) is 16.2 Å². The van der Waals surface area contributed by atoms with E-state index in [1.165, 1.54) is 0 Å². The molecular formula is C19H28N4O4. The van der Waals surface area contributed by atoms with Crippen LogP contribution in [0.25, 0.3) is 0 Å². The summed E-state index contributed by atoms with van der Waals surface area (Å²) in [5.41, 5.74) is 1.27. The highest BCUT2D eigenvalue weighted by Gasteiger charge is 2.25. The van der Waals surface area contributed by atoms with Gasteiger partial charge >= 0.3 is 6.09 Å². The summed E-state index contributed by atoms with van der Waals surface area (Å²) in [5.74, 6) is -0.194. The van der Waals surface area contributed by atoms with Crippen LogP contribution in [0, 0.1) is 0 Å². The van der Waals surface area contributed by atoms with Crippen LogP contribution in [-0.2, 0) is 9.53 Å². The zero-order chi connectivity index (χ0) is 20.0. The summed E-state index contributed by atoms with van der Waals surface area (Å²) >= 11 is 0. The predicted octanol–water partition coefficient (Wildman–Crippen LogP) is 2.12. The van der Waals surface area contributed by atoms with Crippen LogP contribution in [0.5, 0.6) is 0 Å². The molecule has 4 N–H and O–H groups in total. The fourth-order valence-electron chi connectivity index (χ4n) is 2.42. The third kappa shape index (κ3) is 6.47. The van der Waals surface area contributed by atoms with Crippen molar-refractivity contribution in [3.8, 4) is 0 Å². The third-order valence-electron chi connectivity index (χ3n) is 3.84. The van der Waals surface area contributed by atoms with Crippen molar-refractivity contribution in [1.29, 1.82) is 0 Å². The van der Waals surface area contributed by atoms with Crippen molar-refractivity contribution in [1.82, 2.24) is 10.6 Å². The molecule has 0 aromatic heterocycles. The molecule has 2 amide bonds. The first kappa shape index (κ1) is 20.5. The van der Waals surface area contributed by atoms with Gasteiger partial charge in [0.05, 0.1) is 16.9 Å². The maximum atomic E-state index is 12.2. The van der Waals surface area contributed by atoms with Crippen LogP contribution < -0.4 is 21.3 Å². The molecule has 0 bridgehead atoms. The molecule has 1 aliphatic rings. The zero-order valence-electron chi connectivity index (χ0n) is 16.2. The number of hydrogen-bond donors (Lipinski definition) is 4. The summed E-state index contributed by atoms with van der Waals surface area (Å²) in [6, 6.07) is 4.91. The van der Waals surface area contributed by atoms with Crippen LogP contribution in [0.3, 0.4) is 0 Å². The maximum absolute atomic E-state index is 12.2. The average Bonchev–Trinajstić information content (AvgIpc) is 3.41. The summed E-state index contributed by atoms with van der Waals surface area (Å²) in [5, 5.41) is 11.7. The van der Waals surface area contributed by atoms with Crippen molar-refractivity contribution < 1.29 is 19.1 Å². The van der Waals surface area contributed by atoms with E-state index in [9.17, 15) is 14.4 Å². The number of benzene rings is 1. The minimum atomic E-state index is -0.766.